The average molecular weight is 123 g/mol. The van der Waals surface area contributed by atoms with E-state index in [0.717, 1.165) is 19.5 Å². The Morgan fingerprint density at radius 3 is 3.11 bits per heavy atom. The molecule has 0 unspecified atom stereocenters. The summed E-state index contributed by atoms with van der Waals surface area (Å²) in [6.45, 7) is 5.90. The maximum absolute atomic E-state index is 3.66. The van der Waals surface area contributed by atoms with Crippen LogP contribution in [0.4, 0.5) is 0 Å². The zero-order valence-electron chi connectivity index (χ0n) is 5.69. The Kier molecular flexibility index (Phi) is 2.52. The predicted molar refractivity (Wildman–Crippen MR) is 40.4 cm³/mol. The van der Waals surface area contributed by atoms with Gasteiger partial charge in [-0.05, 0) is 19.4 Å². The fourth-order valence-electron chi connectivity index (χ4n) is 1.01. The van der Waals surface area contributed by atoms with Gasteiger partial charge in [0.05, 0.1) is 0 Å². The molecule has 0 saturated carbocycles. The second-order valence-corrected chi connectivity index (χ2v) is 2.31. The Balaban J connectivity index is 2.30. The molecular weight excluding hydrogens is 110 g/mol. The highest BCUT2D eigenvalue weighted by molar-refractivity contribution is 5.10. The molecule has 1 nitrogen and oxygen atoms in total. The molecule has 0 atom stereocenters. The van der Waals surface area contributed by atoms with Crippen LogP contribution in [0.3, 0.4) is 0 Å². The maximum atomic E-state index is 3.66. The van der Waals surface area contributed by atoms with E-state index in [1.54, 1.807) is 0 Å². The molecule has 0 aromatic rings. The summed E-state index contributed by atoms with van der Waals surface area (Å²) < 4.78 is 0. The lowest BCUT2D eigenvalue weighted by atomic mass is 10.2. The first-order valence-corrected chi connectivity index (χ1v) is 3.43. The van der Waals surface area contributed by atoms with Crippen LogP contribution in [0.15, 0.2) is 24.3 Å². The lowest BCUT2D eigenvalue weighted by Gasteiger charge is -1.89. The summed E-state index contributed by atoms with van der Waals surface area (Å²) in [7, 11) is 0. The van der Waals surface area contributed by atoms with Crippen LogP contribution in [0.5, 0.6) is 0 Å². The molecule has 0 bridgehead atoms. The molecule has 1 heterocycles. The van der Waals surface area contributed by atoms with E-state index in [-0.39, 0.29) is 0 Å². The molecule has 1 aliphatic heterocycles. The van der Waals surface area contributed by atoms with Gasteiger partial charge in [-0.3, -0.25) is 0 Å². The minimum absolute atomic E-state index is 1.02. The van der Waals surface area contributed by atoms with E-state index in [4.69, 9.17) is 0 Å². The largest absolute Gasteiger partial charge is 0.313 e. The second kappa shape index (κ2) is 3.46. The van der Waals surface area contributed by atoms with E-state index in [1.165, 1.54) is 12.0 Å². The molecule has 50 valence electrons. The van der Waals surface area contributed by atoms with Crippen molar-refractivity contribution < 1.29 is 0 Å². The summed E-state index contributed by atoms with van der Waals surface area (Å²) in [5, 5.41) is 3.28. The van der Waals surface area contributed by atoms with Gasteiger partial charge in [-0.15, -0.1) is 6.58 Å². The van der Waals surface area contributed by atoms with Gasteiger partial charge in [-0.25, -0.2) is 0 Å². The van der Waals surface area contributed by atoms with Crippen LogP contribution < -0.4 is 5.32 Å². The number of nitrogens with one attached hydrogen (secondary N) is 1. The molecule has 1 fully saturated rings. The normalized spacial score (nSPS) is 22.9. The molecule has 1 aliphatic rings. The summed E-state index contributed by atoms with van der Waals surface area (Å²) in [6, 6.07) is 0. The summed E-state index contributed by atoms with van der Waals surface area (Å²) in [6.07, 6.45) is 6.45. The quantitative estimate of drug-likeness (QED) is 0.548. The Morgan fingerprint density at radius 1 is 1.67 bits per heavy atom. The fourth-order valence-corrected chi connectivity index (χ4v) is 1.01. The van der Waals surface area contributed by atoms with Crippen LogP contribution in [0, 0.1) is 0 Å². The molecule has 0 aromatic heterocycles. The highest BCUT2D eigenvalue weighted by atomic mass is 14.9. The fraction of sp³-hybridized carbons (Fsp3) is 0.500. The number of hydrogen-bond donors (Lipinski definition) is 1. The number of rotatable bonds is 2. The van der Waals surface area contributed by atoms with E-state index in [0.29, 0.717) is 0 Å². The lowest BCUT2D eigenvalue weighted by molar-refractivity contribution is 0.862. The van der Waals surface area contributed by atoms with Crippen LogP contribution >= 0.6 is 0 Å². The molecule has 0 aliphatic carbocycles. The van der Waals surface area contributed by atoms with Gasteiger partial charge in [0.25, 0.3) is 0 Å². The van der Waals surface area contributed by atoms with Crippen molar-refractivity contribution in [1.29, 1.82) is 0 Å². The minimum atomic E-state index is 1.02. The standard InChI is InChI=1S/C8H13N/c1-2-3-4-8-5-6-9-7-8/h2,4,9H,1,3,5-7H2. The predicted octanol–water partition coefficient (Wildman–Crippen LogP) is 1.48. The summed E-state index contributed by atoms with van der Waals surface area (Å²) in [5.74, 6) is 0. The molecule has 1 heteroatoms. The molecule has 1 saturated heterocycles. The van der Waals surface area contributed by atoms with Gasteiger partial charge < -0.3 is 5.32 Å². The zero-order chi connectivity index (χ0) is 6.53. The van der Waals surface area contributed by atoms with Crippen LogP contribution in [-0.4, -0.2) is 13.1 Å². The zero-order valence-corrected chi connectivity index (χ0v) is 5.69. The first-order chi connectivity index (χ1) is 4.43. The molecule has 1 rings (SSSR count). The Hall–Kier alpha value is -0.560. The second-order valence-electron chi connectivity index (χ2n) is 2.31. The number of allylic oxidation sites excluding steroid dienone is 2. The summed E-state index contributed by atoms with van der Waals surface area (Å²) in [5.41, 5.74) is 1.54. The van der Waals surface area contributed by atoms with E-state index in [9.17, 15) is 0 Å². The maximum Gasteiger partial charge on any atom is 0.0165 e. The lowest BCUT2D eigenvalue weighted by Crippen LogP contribution is -2.04. The summed E-state index contributed by atoms with van der Waals surface area (Å²) >= 11 is 0. The van der Waals surface area contributed by atoms with Gasteiger partial charge in [0.2, 0.25) is 0 Å². The number of hydrogen-bond acceptors (Lipinski definition) is 1. The van der Waals surface area contributed by atoms with E-state index in [1.807, 2.05) is 6.08 Å². The third-order valence-electron chi connectivity index (χ3n) is 1.55. The molecule has 0 aromatic carbocycles. The third kappa shape index (κ3) is 2.02. The smallest absolute Gasteiger partial charge is 0.0165 e. The first-order valence-electron chi connectivity index (χ1n) is 3.43. The molecule has 9 heavy (non-hydrogen) atoms. The van der Waals surface area contributed by atoms with Gasteiger partial charge >= 0.3 is 0 Å². The van der Waals surface area contributed by atoms with Gasteiger partial charge in [0, 0.05) is 6.54 Å². The van der Waals surface area contributed by atoms with Crippen molar-refractivity contribution >= 4 is 0 Å². The van der Waals surface area contributed by atoms with Crippen molar-refractivity contribution in [2.75, 3.05) is 13.1 Å². The molecule has 0 radical (unpaired) electrons. The van der Waals surface area contributed by atoms with E-state index < -0.39 is 0 Å². The molecule has 0 spiro atoms. The Morgan fingerprint density at radius 2 is 2.56 bits per heavy atom. The van der Waals surface area contributed by atoms with Crippen molar-refractivity contribution in [3.63, 3.8) is 0 Å². The van der Waals surface area contributed by atoms with Crippen molar-refractivity contribution in [2.24, 2.45) is 0 Å². The van der Waals surface area contributed by atoms with Crippen molar-refractivity contribution in [1.82, 2.24) is 5.32 Å². The molecular formula is C8H13N. The van der Waals surface area contributed by atoms with Crippen LogP contribution in [0.1, 0.15) is 12.8 Å². The first kappa shape index (κ1) is 6.56. The van der Waals surface area contributed by atoms with E-state index >= 15 is 0 Å². The molecule has 0 amide bonds. The van der Waals surface area contributed by atoms with Crippen LogP contribution in [0.2, 0.25) is 0 Å². The SMILES string of the molecule is C=CCC=C1CCNC1. The highest BCUT2D eigenvalue weighted by Gasteiger charge is 2.02. The minimum Gasteiger partial charge on any atom is -0.313 e. The highest BCUT2D eigenvalue weighted by Crippen LogP contribution is 2.05. The van der Waals surface area contributed by atoms with Gasteiger partial charge in [0.15, 0.2) is 0 Å². The van der Waals surface area contributed by atoms with E-state index in [2.05, 4.69) is 18.0 Å². The third-order valence-corrected chi connectivity index (χ3v) is 1.55. The molecule has 1 N–H and O–H groups in total. The van der Waals surface area contributed by atoms with Crippen molar-refractivity contribution in [3.05, 3.63) is 24.3 Å². The Labute approximate surface area is 56.5 Å². The van der Waals surface area contributed by atoms with Crippen molar-refractivity contribution in [3.8, 4) is 0 Å². The van der Waals surface area contributed by atoms with Gasteiger partial charge in [-0.1, -0.05) is 17.7 Å². The summed E-state index contributed by atoms with van der Waals surface area (Å²) in [4.78, 5) is 0. The monoisotopic (exact) mass is 123 g/mol. The van der Waals surface area contributed by atoms with Gasteiger partial charge in [-0.2, -0.15) is 0 Å². The Bertz CT molecular complexity index is 117. The van der Waals surface area contributed by atoms with Crippen molar-refractivity contribution in [2.45, 2.75) is 12.8 Å². The van der Waals surface area contributed by atoms with Gasteiger partial charge in [0.1, 0.15) is 0 Å². The topological polar surface area (TPSA) is 12.0 Å². The average Bonchev–Trinajstić information content (AvgIpc) is 2.34. The van der Waals surface area contributed by atoms with Crippen LogP contribution in [-0.2, 0) is 0 Å². The van der Waals surface area contributed by atoms with Crippen LogP contribution in [0.25, 0.3) is 0 Å².